The van der Waals surface area contributed by atoms with Crippen molar-refractivity contribution in [3.8, 4) is 0 Å². The fraction of sp³-hybridized carbons (Fsp3) is 0.611. The molecule has 0 saturated heterocycles. The van der Waals surface area contributed by atoms with Gasteiger partial charge >= 0.3 is 0 Å². The molecule has 1 nitrogen and oxygen atoms in total. The van der Waals surface area contributed by atoms with Crippen LogP contribution in [0.4, 0.5) is 0 Å². The second-order valence-electron chi connectivity index (χ2n) is 7.08. The number of fused-ring (bicyclic) bond motifs is 1. The van der Waals surface area contributed by atoms with Gasteiger partial charge in [-0.25, -0.2) is 0 Å². The zero-order valence-electron chi connectivity index (χ0n) is 12.7. The minimum Gasteiger partial charge on any atom is -0.299 e. The molecular formula is C18H26O. The molecule has 0 amide bonds. The van der Waals surface area contributed by atoms with Crippen LogP contribution in [0.25, 0.3) is 0 Å². The molecule has 2 atom stereocenters. The molecule has 1 aromatic carbocycles. The monoisotopic (exact) mass is 258 g/mol. The van der Waals surface area contributed by atoms with Gasteiger partial charge in [0, 0.05) is 12.3 Å². The van der Waals surface area contributed by atoms with Gasteiger partial charge in [-0.1, -0.05) is 52.0 Å². The van der Waals surface area contributed by atoms with Crippen molar-refractivity contribution in [3.63, 3.8) is 0 Å². The summed E-state index contributed by atoms with van der Waals surface area (Å²) in [6, 6.07) is 8.49. The quantitative estimate of drug-likeness (QED) is 0.764. The molecule has 1 aromatic rings. The number of carbonyl (C=O) groups excluding carboxylic acids is 1. The summed E-state index contributed by atoms with van der Waals surface area (Å²) in [4.78, 5) is 12.6. The maximum absolute atomic E-state index is 12.6. The Bertz CT molecular complexity index is 453. The zero-order chi connectivity index (χ0) is 14.0. The normalized spacial score (nSPS) is 20.7. The van der Waals surface area contributed by atoms with E-state index in [0.717, 1.165) is 19.3 Å². The number of aryl methyl sites for hydroxylation is 1. The van der Waals surface area contributed by atoms with Crippen LogP contribution in [0.2, 0.25) is 0 Å². The Hall–Kier alpha value is -1.11. The van der Waals surface area contributed by atoms with Gasteiger partial charge in [0.1, 0.15) is 5.78 Å². The van der Waals surface area contributed by atoms with Gasteiger partial charge < -0.3 is 0 Å². The van der Waals surface area contributed by atoms with Crippen LogP contribution < -0.4 is 0 Å². The van der Waals surface area contributed by atoms with Crippen molar-refractivity contribution in [2.24, 2.45) is 11.3 Å². The van der Waals surface area contributed by atoms with E-state index in [0.29, 0.717) is 18.1 Å². The molecule has 0 spiro atoms. The average Bonchev–Trinajstić information content (AvgIpc) is 2.36. The first kappa shape index (κ1) is 14.3. The number of Topliss-reactive ketones (excluding diaryl/α,β-unsaturated/α-hetero) is 1. The van der Waals surface area contributed by atoms with Gasteiger partial charge in [0.05, 0.1) is 0 Å². The molecule has 0 bridgehead atoms. The van der Waals surface area contributed by atoms with E-state index in [2.05, 4.69) is 52.0 Å². The molecule has 0 radical (unpaired) electrons. The third-order valence-electron chi connectivity index (χ3n) is 4.74. The predicted molar refractivity (Wildman–Crippen MR) is 80.4 cm³/mol. The largest absolute Gasteiger partial charge is 0.299 e. The lowest BCUT2D eigenvalue weighted by molar-refractivity contribution is -0.122. The molecule has 1 heteroatoms. The Labute approximate surface area is 117 Å². The highest BCUT2D eigenvalue weighted by molar-refractivity contribution is 5.86. The van der Waals surface area contributed by atoms with Gasteiger partial charge in [0.15, 0.2) is 0 Å². The lowest BCUT2D eigenvalue weighted by Gasteiger charge is -2.30. The summed E-state index contributed by atoms with van der Waals surface area (Å²) in [6.07, 6.45) is 4.03. The first-order valence-corrected chi connectivity index (χ1v) is 7.50. The van der Waals surface area contributed by atoms with Crippen LogP contribution in [0.5, 0.6) is 0 Å². The van der Waals surface area contributed by atoms with E-state index in [-0.39, 0.29) is 11.3 Å². The van der Waals surface area contributed by atoms with Crippen LogP contribution in [0.3, 0.4) is 0 Å². The Morgan fingerprint density at radius 2 is 2.00 bits per heavy atom. The molecule has 0 aliphatic heterocycles. The van der Waals surface area contributed by atoms with E-state index in [1.807, 2.05) is 0 Å². The van der Waals surface area contributed by atoms with E-state index < -0.39 is 0 Å². The average molecular weight is 258 g/mol. The topological polar surface area (TPSA) is 17.1 Å². The molecule has 2 unspecified atom stereocenters. The van der Waals surface area contributed by atoms with E-state index in [9.17, 15) is 4.79 Å². The van der Waals surface area contributed by atoms with Crippen LogP contribution in [0.1, 0.15) is 64.0 Å². The van der Waals surface area contributed by atoms with Crippen molar-refractivity contribution in [3.05, 3.63) is 35.4 Å². The summed E-state index contributed by atoms with van der Waals surface area (Å²) in [7, 11) is 0. The fourth-order valence-corrected chi connectivity index (χ4v) is 2.84. The standard InChI is InChI=1S/C18H26O/c1-13(18(2,3)4)12-17(19)16-11-7-9-14-8-5-6-10-15(14)16/h5-6,8,10,13,16H,7,9,11-12H2,1-4H3. The van der Waals surface area contributed by atoms with E-state index in [4.69, 9.17) is 0 Å². The zero-order valence-corrected chi connectivity index (χ0v) is 12.7. The van der Waals surface area contributed by atoms with Crippen molar-refractivity contribution < 1.29 is 4.79 Å². The first-order valence-electron chi connectivity index (χ1n) is 7.50. The van der Waals surface area contributed by atoms with Gasteiger partial charge in [0.25, 0.3) is 0 Å². The lowest BCUT2D eigenvalue weighted by Crippen LogP contribution is -2.25. The number of hydrogen-bond donors (Lipinski definition) is 0. The van der Waals surface area contributed by atoms with Gasteiger partial charge in [-0.05, 0) is 41.7 Å². The Morgan fingerprint density at radius 3 is 2.68 bits per heavy atom. The fourth-order valence-electron chi connectivity index (χ4n) is 2.84. The van der Waals surface area contributed by atoms with Crippen LogP contribution >= 0.6 is 0 Å². The van der Waals surface area contributed by atoms with Crippen molar-refractivity contribution in [2.45, 2.75) is 59.3 Å². The summed E-state index contributed by atoms with van der Waals surface area (Å²) >= 11 is 0. The van der Waals surface area contributed by atoms with Gasteiger partial charge in [-0.15, -0.1) is 0 Å². The molecule has 0 aromatic heterocycles. The van der Waals surface area contributed by atoms with Crippen molar-refractivity contribution in [1.82, 2.24) is 0 Å². The minimum atomic E-state index is 0.148. The second-order valence-corrected chi connectivity index (χ2v) is 7.08. The smallest absolute Gasteiger partial charge is 0.140 e. The third kappa shape index (κ3) is 3.26. The van der Waals surface area contributed by atoms with Crippen molar-refractivity contribution in [2.75, 3.05) is 0 Å². The third-order valence-corrected chi connectivity index (χ3v) is 4.74. The minimum absolute atomic E-state index is 0.148. The van der Waals surface area contributed by atoms with E-state index in [1.165, 1.54) is 11.1 Å². The summed E-state index contributed by atoms with van der Waals surface area (Å²) in [5, 5.41) is 0. The van der Waals surface area contributed by atoms with Gasteiger partial charge in [-0.3, -0.25) is 4.79 Å². The number of hydrogen-bond acceptors (Lipinski definition) is 1. The summed E-state index contributed by atoms with van der Waals surface area (Å²) in [5.41, 5.74) is 2.89. The van der Waals surface area contributed by atoms with Crippen molar-refractivity contribution >= 4 is 5.78 Å². The number of ketones is 1. The maximum atomic E-state index is 12.6. The van der Waals surface area contributed by atoms with E-state index >= 15 is 0 Å². The van der Waals surface area contributed by atoms with Crippen LogP contribution in [-0.4, -0.2) is 5.78 Å². The second kappa shape index (κ2) is 5.48. The molecule has 104 valence electrons. The molecular weight excluding hydrogens is 232 g/mol. The lowest BCUT2D eigenvalue weighted by atomic mass is 9.74. The molecule has 1 aliphatic rings. The predicted octanol–water partition coefficient (Wildman–Crippen LogP) is 4.75. The van der Waals surface area contributed by atoms with Crippen LogP contribution in [0.15, 0.2) is 24.3 Å². The van der Waals surface area contributed by atoms with E-state index in [1.54, 1.807) is 0 Å². The van der Waals surface area contributed by atoms with Crippen LogP contribution in [0, 0.1) is 11.3 Å². The van der Waals surface area contributed by atoms with Gasteiger partial charge in [-0.2, -0.15) is 0 Å². The molecule has 0 heterocycles. The Morgan fingerprint density at radius 1 is 1.32 bits per heavy atom. The van der Waals surface area contributed by atoms with Crippen molar-refractivity contribution in [1.29, 1.82) is 0 Å². The molecule has 19 heavy (non-hydrogen) atoms. The SMILES string of the molecule is CC(CC(=O)C1CCCc2ccccc21)C(C)(C)C. The highest BCUT2D eigenvalue weighted by Crippen LogP contribution is 2.36. The highest BCUT2D eigenvalue weighted by Gasteiger charge is 2.29. The molecule has 2 rings (SSSR count). The highest BCUT2D eigenvalue weighted by atomic mass is 16.1. The maximum Gasteiger partial charge on any atom is 0.140 e. The number of carbonyl (C=O) groups is 1. The number of rotatable bonds is 3. The number of benzene rings is 1. The molecule has 1 aliphatic carbocycles. The summed E-state index contributed by atoms with van der Waals surface area (Å²) in [5.74, 6) is 1.03. The molecule has 0 N–H and O–H groups in total. The Kier molecular flexibility index (Phi) is 4.13. The van der Waals surface area contributed by atoms with Crippen LogP contribution in [-0.2, 0) is 11.2 Å². The summed E-state index contributed by atoms with van der Waals surface area (Å²) < 4.78 is 0. The first-order chi connectivity index (χ1) is 8.89. The molecule has 0 fully saturated rings. The Balaban J connectivity index is 2.13. The molecule has 0 saturated carbocycles. The van der Waals surface area contributed by atoms with Gasteiger partial charge in [0.2, 0.25) is 0 Å². The summed E-state index contributed by atoms with van der Waals surface area (Å²) in [6.45, 7) is 8.87.